The fourth-order valence-electron chi connectivity index (χ4n) is 3.54. The van der Waals surface area contributed by atoms with Gasteiger partial charge in [0.2, 0.25) is 0 Å². The molecule has 5 nitrogen and oxygen atoms in total. The lowest BCUT2D eigenvalue weighted by molar-refractivity contribution is 0.0706. The van der Waals surface area contributed by atoms with E-state index in [1.54, 1.807) is 0 Å². The minimum atomic E-state index is -2.44. The molecule has 0 saturated carbocycles. The van der Waals surface area contributed by atoms with E-state index in [1.165, 1.54) is 31.4 Å². The molecule has 0 heterocycles. The minimum Gasteiger partial charge on any atom is -0.374 e. The fraction of sp³-hybridized carbons (Fsp3) is 0.957. The van der Waals surface area contributed by atoms with Crippen molar-refractivity contribution in [3.05, 3.63) is 0 Å². The maximum atomic E-state index is 5.92. The van der Waals surface area contributed by atoms with E-state index in [-0.39, 0.29) is 0 Å². The van der Waals surface area contributed by atoms with Gasteiger partial charge in [0.25, 0.3) is 0 Å². The molecule has 0 rings (SSSR count). The molecule has 0 atom stereocenters. The summed E-state index contributed by atoms with van der Waals surface area (Å²) in [5, 5.41) is 3.60. The second-order valence-electron chi connectivity index (χ2n) is 8.39. The van der Waals surface area contributed by atoms with Crippen molar-refractivity contribution in [3.8, 4) is 0 Å². The van der Waals surface area contributed by atoms with Crippen LogP contribution in [0, 0.1) is 5.92 Å². The Hall–Kier alpha value is -0.273. The monoisotopic (exact) mass is 430 g/mol. The van der Waals surface area contributed by atoms with Gasteiger partial charge in [-0.1, -0.05) is 26.7 Å². The normalized spacial score (nSPS) is 13.1. The lowest BCUT2D eigenvalue weighted by atomic mass is 10.0. The molecule has 1 N–H and O–H groups in total. The molecule has 0 aliphatic carbocycles. The van der Waals surface area contributed by atoms with Crippen molar-refractivity contribution in [3.63, 3.8) is 0 Å². The van der Waals surface area contributed by atoms with Crippen molar-refractivity contribution in [2.45, 2.75) is 105 Å². The van der Waals surface area contributed by atoms with E-state index in [9.17, 15) is 0 Å². The van der Waals surface area contributed by atoms with Crippen LogP contribution in [0.15, 0.2) is 4.99 Å². The van der Waals surface area contributed by atoms with Gasteiger partial charge in [-0.2, -0.15) is 0 Å². The van der Waals surface area contributed by atoms with E-state index in [0.29, 0.717) is 31.8 Å². The van der Waals surface area contributed by atoms with E-state index in [1.807, 2.05) is 20.8 Å². The maximum absolute atomic E-state index is 5.92. The smallest absolute Gasteiger partial charge is 0.374 e. The Labute approximate surface area is 182 Å². The predicted octanol–water partition coefficient (Wildman–Crippen LogP) is 5.86. The van der Waals surface area contributed by atoms with Gasteiger partial charge in [0, 0.05) is 37.6 Å². The number of hydrogen-bond donors (Lipinski definition) is 1. The molecule has 0 bridgehead atoms. The second-order valence-corrected chi connectivity index (χ2v) is 11.1. The van der Waals surface area contributed by atoms with Gasteiger partial charge in [-0.3, -0.25) is 4.99 Å². The molecule has 0 aliphatic heterocycles. The maximum Gasteiger partial charge on any atom is 0.500 e. The average Bonchev–Trinajstić information content (AvgIpc) is 2.63. The topological polar surface area (TPSA) is 52.1 Å². The zero-order valence-corrected chi connectivity index (χ0v) is 21.5. The first-order valence-corrected chi connectivity index (χ1v) is 14.0. The number of nitrogens with one attached hydrogen (secondary N) is 1. The van der Waals surface area contributed by atoms with E-state index >= 15 is 0 Å². The Morgan fingerprint density at radius 2 is 1.34 bits per heavy atom. The van der Waals surface area contributed by atoms with Crippen LogP contribution in [0.2, 0.25) is 6.04 Å². The number of rotatable bonds is 20. The van der Waals surface area contributed by atoms with Gasteiger partial charge in [-0.25, -0.2) is 0 Å². The highest BCUT2D eigenvalue weighted by Crippen LogP contribution is 2.20. The van der Waals surface area contributed by atoms with Gasteiger partial charge in [-0.05, 0) is 85.7 Å². The van der Waals surface area contributed by atoms with Crippen LogP contribution in [0.3, 0.4) is 0 Å². The third-order valence-electron chi connectivity index (χ3n) is 4.58. The summed E-state index contributed by atoms with van der Waals surface area (Å²) in [5.41, 5.74) is 1.39. The van der Waals surface area contributed by atoms with Crippen molar-refractivity contribution in [2.24, 2.45) is 10.9 Å². The quantitative estimate of drug-likeness (QED) is 0.149. The molecule has 0 fully saturated rings. The molecule has 0 radical (unpaired) electrons. The third-order valence-corrected chi connectivity index (χ3v) is 7.73. The van der Waals surface area contributed by atoms with Crippen LogP contribution in [-0.2, 0) is 13.3 Å². The number of nitrogens with zero attached hydrogens (tertiary/aromatic N) is 1. The van der Waals surface area contributed by atoms with Crippen molar-refractivity contribution in [1.29, 1.82) is 0 Å². The van der Waals surface area contributed by atoms with Crippen molar-refractivity contribution in [1.82, 2.24) is 5.32 Å². The highest BCUT2D eigenvalue weighted by Gasteiger charge is 2.39. The molecular formula is C23H50N2O3Si. The molecule has 0 aromatic heterocycles. The highest BCUT2D eigenvalue weighted by atomic mass is 28.4. The molecular weight excluding hydrogens is 380 g/mol. The Balaban J connectivity index is 3.88. The van der Waals surface area contributed by atoms with E-state index in [2.05, 4.69) is 33.0 Å². The zero-order chi connectivity index (χ0) is 22.0. The summed E-state index contributed by atoms with van der Waals surface area (Å²) in [7, 11) is -2.44. The lowest BCUT2D eigenvalue weighted by Gasteiger charge is -2.28. The Kier molecular flexibility index (Phi) is 18.3. The van der Waals surface area contributed by atoms with Gasteiger partial charge in [0.15, 0.2) is 0 Å². The van der Waals surface area contributed by atoms with Gasteiger partial charge in [-0.15, -0.1) is 0 Å². The van der Waals surface area contributed by atoms with Gasteiger partial charge in [0.1, 0.15) is 0 Å². The molecule has 0 unspecified atom stereocenters. The van der Waals surface area contributed by atoms with Crippen LogP contribution in [0.5, 0.6) is 0 Å². The standard InChI is InChI=1S/C23H50N2O3Si/c1-8-26-29(27-9-2,28-10-3)19-14-12-11-13-17-24-18-15-16-23(20-21(4)5)25-22(6)7/h21-22,24H,8-20H2,1-7H3. The van der Waals surface area contributed by atoms with Crippen LogP contribution >= 0.6 is 0 Å². The van der Waals surface area contributed by atoms with E-state index in [4.69, 9.17) is 18.3 Å². The van der Waals surface area contributed by atoms with E-state index in [0.717, 1.165) is 38.4 Å². The van der Waals surface area contributed by atoms with Crippen molar-refractivity contribution in [2.75, 3.05) is 32.9 Å². The predicted molar refractivity (Wildman–Crippen MR) is 128 cm³/mol. The Morgan fingerprint density at radius 1 is 0.793 bits per heavy atom. The first-order valence-electron chi connectivity index (χ1n) is 12.1. The van der Waals surface area contributed by atoms with Gasteiger partial charge < -0.3 is 18.6 Å². The van der Waals surface area contributed by atoms with Gasteiger partial charge >= 0.3 is 8.80 Å². The summed E-state index contributed by atoms with van der Waals surface area (Å²) < 4.78 is 17.8. The highest BCUT2D eigenvalue weighted by molar-refractivity contribution is 6.60. The Bertz CT molecular complexity index is 387. The van der Waals surface area contributed by atoms with E-state index < -0.39 is 8.80 Å². The van der Waals surface area contributed by atoms with Gasteiger partial charge in [0.05, 0.1) is 0 Å². The molecule has 6 heteroatoms. The van der Waals surface area contributed by atoms with Crippen molar-refractivity contribution >= 4 is 14.5 Å². The number of hydrogen-bond acceptors (Lipinski definition) is 5. The molecule has 0 amide bonds. The van der Waals surface area contributed by atoms with Crippen LogP contribution in [0.1, 0.15) is 93.4 Å². The largest absolute Gasteiger partial charge is 0.500 e. The third kappa shape index (κ3) is 16.1. The molecule has 174 valence electrons. The number of unbranched alkanes of at least 4 members (excludes halogenated alkanes) is 3. The Morgan fingerprint density at radius 3 is 1.86 bits per heavy atom. The van der Waals surface area contributed by atoms with Crippen LogP contribution in [0.25, 0.3) is 0 Å². The summed E-state index contributed by atoms with van der Waals surface area (Å²) in [4.78, 5) is 4.81. The number of aliphatic imine (C=N–C) groups is 1. The summed E-state index contributed by atoms with van der Waals surface area (Å²) in [6.45, 7) is 19.1. The molecule has 0 saturated heterocycles. The molecule has 0 aromatic carbocycles. The fourth-order valence-corrected chi connectivity index (χ4v) is 6.23. The summed E-state index contributed by atoms with van der Waals surface area (Å²) in [5.74, 6) is 0.690. The van der Waals surface area contributed by atoms with Crippen LogP contribution < -0.4 is 5.32 Å². The van der Waals surface area contributed by atoms with Crippen molar-refractivity contribution < 1.29 is 13.3 Å². The minimum absolute atomic E-state index is 0.409. The summed E-state index contributed by atoms with van der Waals surface area (Å²) >= 11 is 0. The molecule has 29 heavy (non-hydrogen) atoms. The van der Waals surface area contributed by atoms with Crippen LogP contribution in [-0.4, -0.2) is 53.5 Å². The first-order chi connectivity index (χ1) is 13.9. The SMILES string of the molecule is CCO[Si](CCCCCCNCCCC(CC(C)C)=NC(C)C)(OCC)OCC. The van der Waals surface area contributed by atoms with Crippen LogP contribution in [0.4, 0.5) is 0 Å². The average molecular weight is 431 g/mol. The summed E-state index contributed by atoms with van der Waals surface area (Å²) in [6.07, 6.45) is 8.25. The summed E-state index contributed by atoms with van der Waals surface area (Å²) in [6, 6.07) is 1.34. The zero-order valence-electron chi connectivity index (χ0n) is 20.5. The molecule has 0 aliphatic rings. The molecule has 0 spiro atoms. The molecule has 0 aromatic rings. The second kappa shape index (κ2) is 18.5. The first kappa shape index (κ1) is 28.7. The lowest BCUT2D eigenvalue weighted by Crippen LogP contribution is -2.45.